The van der Waals surface area contributed by atoms with Crippen molar-refractivity contribution < 1.29 is 23.5 Å². The van der Waals surface area contributed by atoms with Crippen molar-refractivity contribution in [3.8, 4) is 0 Å². The number of hydrazine groups is 1. The Morgan fingerprint density at radius 1 is 1.13 bits per heavy atom. The molecule has 23 heavy (non-hydrogen) atoms. The second kappa shape index (κ2) is 7.21. The molecule has 0 aromatic heterocycles. The third kappa shape index (κ3) is 4.06. The van der Waals surface area contributed by atoms with Gasteiger partial charge in [0.25, 0.3) is 5.91 Å². The number of benzene rings is 1. The molecule has 0 atom stereocenters. The predicted octanol–water partition coefficient (Wildman–Crippen LogP) is 1.35. The van der Waals surface area contributed by atoms with Crippen LogP contribution < -0.4 is 10.9 Å². The SMILES string of the molecule is CC(=O)NNC(=O)COC(=O)C1(c2ccc(F)cc2)CCCC1. The lowest BCUT2D eigenvalue weighted by Gasteiger charge is -2.27. The van der Waals surface area contributed by atoms with Gasteiger partial charge in [0.1, 0.15) is 5.82 Å². The minimum absolute atomic E-state index is 0.370. The molecule has 1 fully saturated rings. The topological polar surface area (TPSA) is 84.5 Å². The summed E-state index contributed by atoms with van der Waals surface area (Å²) < 4.78 is 18.2. The summed E-state index contributed by atoms with van der Waals surface area (Å²) in [6, 6.07) is 5.79. The molecular formula is C16H19FN2O4. The van der Waals surface area contributed by atoms with E-state index in [0.29, 0.717) is 18.4 Å². The molecule has 0 aliphatic heterocycles. The predicted molar refractivity (Wildman–Crippen MR) is 79.5 cm³/mol. The van der Waals surface area contributed by atoms with E-state index in [4.69, 9.17) is 4.74 Å². The first kappa shape index (κ1) is 16.9. The van der Waals surface area contributed by atoms with Crippen LogP contribution in [-0.2, 0) is 24.5 Å². The van der Waals surface area contributed by atoms with E-state index < -0.39 is 29.8 Å². The summed E-state index contributed by atoms with van der Waals surface area (Å²) >= 11 is 0. The number of halogens is 1. The molecule has 0 radical (unpaired) electrons. The molecule has 0 saturated heterocycles. The zero-order valence-electron chi connectivity index (χ0n) is 12.9. The molecule has 1 aliphatic rings. The summed E-state index contributed by atoms with van der Waals surface area (Å²) in [5.74, 6) is -1.92. The maximum absolute atomic E-state index is 13.1. The second-order valence-electron chi connectivity index (χ2n) is 5.60. The quantitative estimate of drug-likeness (QED) is 0.647. The van der Waals surface area contributed by atoms with Gasteiger partial charge >= 0.3 is 5.97 Å². The third-order valence-electron chi connectivity index (χ3n) is 3.96. The van der Waals surface area contributed by atoms with Crippen molar-refractivity contribution >= 4 is 17.8 Å². The molecule has 1 saturated carbocycles. The van der Waals surface area contributed by atoms with Crippen molar-refractivity contribution in [3.63, 3.8) is 0 Å². The molecule has 124 valence electrons. The Morgan fingerprint density at radius 2 is 1.74 bits per heavy atom. The fourth-order valence-electron chi connectivity index (χ4n) is 2.82. The Morgan fingerprint density at radius 3 is 2.30 bits per heavy atom. The molecule has 1 aliphatic carbocycles. The lowest BCUT2D eigenvalue weighted by molar-refractivity contribution is -0.154. The normalized spacial score (nSPS) is 15.7. The van der Waals surface area contributed by atoms with Gasteiger partial charge in [0.2, 0.25) is 5.91 Å². The van der Waals surface area contributed by atoms with Crippen LogP contribution in [-0.4, -0.2) is 24.4 Å². The summed E-state index contributed by atoms with van der Waals surface area (Å²) in [5.41, 5.74) is 4.10. The van der Waals surface area contributed by atoms with Crippen LogP contribution in [0.25, 0.3) is 0 Å². The van der Waals surface area contributed by atoms with Crippen LogP contribution in [0.4, 0.5) is 4.39 Å². The van der Waals surface area contributed by atoms with Gasteiger partial charge in [-0.25, -0.2) is 4.39 Å². The standard InChI is InChI=1S/C16H19FN2O4/c1-11(20)18-19-14(21)10-23-15(22)16(8-2-3-9-16)12-4-6-13(17)7-5-12/h4-7H,2-3,8-10H2,1H3,(H,18,20)(H,19,21). The Bertz CT molecular complexity index is 595. The van der Waals surface area contributed by atoms with Gasteiger partial charge < -0.3 is 4.74 Å². The van der Waals surface area contributed by atoms with E-state index in [1.165, 1.54) is 19.1 Å². The number of rotatable bonds is 4. The van der Waals surface area contributed by atoms with Crippen LogP contribution in [0.3, 0.4) is 0 Å². The van der Waals surface area contributed by atoms with E-state index in [0.717, 1.165) is 12.8 Å². The maximum Gasteiger partial charge on any atom is 0.317 e. The number of hydrogen-bond donors (Lipinski definition) is 2. The van der Waals surface area contributed by atoms with Crippen LogP contribution >= 0.6 is 0 Å². The third-order valence-corrected chi connectivity index (χ3v) is 3.96. The van der Waals surface area contributed by atoms with Crippen molar-refractivity contribution in [1.82, 2.24) is 10.9 Å². The first-order valence-electron chi connectivity index (χ1n) is 7.43. The highest BCUT2D eigenvalue weighted by atomic mass is 19.1. The van der Waals surface area contributed by atoms with Crippen molar-refractivity contribution in [2.75, 3.05) is 6.61 Å². The first-order chi connectivity index (χ1) is 10.9. The average Bonchev–Trinajstić information content (AvgIpc) is 3.02. The summed E-state index contributed by atoms with van der Waals surface area (Å²) in [5, 5.41) is 0. The highest BCUT2D eigenvalue weighted by Crippen LogP contribution is 2.42. The molecule has 1 aromatic carbocycles. The van der Waals surface area contributed by atoms with Crippen molar-refractivity contribution in [1.29, 1.82) is 0 Å². The van der Waals surface area contributed by atoms with Crippen molar-refractivity contribution in [2.45, 2.75) is 38.0 Å². The van der Waals surface area contributed by atoms with Crippen LogP contribution in [0.1, 0.15) is 38.2 Å². The number of carbonyl (C=O) groups excluding carboxylic acids is 3. The Balaban J connectivity index is 2.03. The minimum Gasteiger partial charge on any atom is -0.455 e. The first-order valence-corrected chi connectivity index (χ1v) is 7.43. The molecule has 2 amide bonds. The van der Waals surface area contributed by atoms with Gasteiger partial charge in [0.15, 0.2) is 6.61 Å². The summed E-state index contributed by atoms with van der Waals surface area (Å²) in [6.07, 6.45) is 2.94. The highest BCUT2D eigenvalue weighted by Gasteiger charge is 2.44. The molecule has 0 unspecified atom stereocenters. The number of nitrogens with one attached hydrogen (secondary N) is 2. The molecule has 2 rings (SSSR count). The van der Waals surface area contributed by atoms with Crippen LogP contribution in [0.5, 0.6) is 0 Å². The van der Waals surface area contributed by atoms with E-state index in [-0.39, 0.29) is 5.82 Å². The van der Waals surface area contributed by atoms with Crippen molar-refractivity contribution in [2.24, 2.45) is 0 Å². The van der Waals surface area contributed by atoms with E-state index >= 15 is 0 Å². The van der Waals surface area contributed by atoms with Gasteiger partial charge in [-0.2, -0.15) is 0 Å². The lowest BCUT2D eigenvalue weighted by Crippen LogP contribution is -2.44. The van der Waals surface area contributed by atoms with Gasteiger partial charge in [-0.15, -0.1) is 0 Å². The monoisotopic (exact) mass is 322 g/mol. The highest BCUT2D eigenvalue weighted by molar-refractivity contribution is 5.87. The second-order valence-corrected chi connectivity index (χ2v) is 5.60. The molecule has 1 aromatic rings. The van der Waals surface area contributed by atoms with Crippen molar-refractivity contribution in [3.05, 3.63) is 35.6 Å². The van der Waals surface area contributed by atoms with Crippen LogP contribution in [0.2, 0.25) is 0 Å². The number of ether oxygens (including phenoxy) is 1. The lowest BCUT2D eigenvalue weighted by atomic mass is 9.79. The number of amides is 2. The molecule has 2 N–H and O–H groups in total. The summed E-state index contributed by atoms with van der Waals surface area (Å²) in [4.78, 5) is 34.7. The number of hydrogen-bond acceptors (Lipinski definition) is 4. The van der Waals surface area contributed by atoms with E-state index in [1.807, 2.05) is 0 Å². The molecule has 0 spiro atoms. The molecule has 0 bridgehead atoms. The van der Waals surface area contributed by atoms with E-state index in [9.17, 15) is 18.8 Å². The largest absolute Gasteiger partial charge is 0.455 e. The fraction of sp³-hybridized carbons (Fsp3) is 0.438. The van der Waals surface area contributed by atoms with Crippen LogP contribution in [0.15, 0.2) is 24.3 Å². The van der Waals surface area contributed by atoms with E-state index in [2.05, 4.69) is 10.9 Å². The maximum atomic E-state index is 13.1. The Kier molecular flexibility index (Phi) is 5.31. The molecule has 7 heteroatoms. The Hall–Kier alpha value is -2.44. The van der Waals surface area contributed by atoms with Crippen LogP contribution in [0, 0.1) is 5.82 Å². The smallest absolute Gasteiger partial charge is 0.317 e. The van der Waals surface area contributed by atoms with E-state index in [1.54, 1.807) is 12.1 Å². The zero-order valence-corrected chi connectivity index (χ0v) is 12.9. The van der Waals surface area contributed by atoms with Gasteiger partial charge in [0, 0.05) is 6.92 Å². The summed E-state index contributed by atoms with van der Waals surface area (Å²) in [7, 11) is 0. The average molecular weight is 322 g/mol. The minimum atomic E-state index is -0.831. The molecule has 0 heterocycles. The summed E-state index contributed by atoms with van der Waals surface area (Å²) in [6.45, 7) is 0.760. The number of esters is 1. The fourth-order valence-corrected chi connectivity index (χ4v) is 2.82. The van der Waals surface area contributed by atoms with Gasteiger partial charge in [0.05, 0.1) is 5.41 Å². The zero-order chi connectivity index (χ0) is 16.9. The molecule has 6 nitrogen and oxygen atoms in total. The van der Waals surface area contributed by atoms with Gasteiger partial charge in [-0.1, -0.05) is 25.0 Å². The molecular weight excluding hydrogens is 303 g/mol. The Labute approximate surface area is 133 Å². The van der Waals surface area contributed by atoms with Gasteiger partial charge in [-0.3, -0.25) is 25.2 Å². The van der Waals surface area contributed by atoms with Gasteiger partial charge in [-0.05, 0) is 30.5 Å². The number of carbonyl (C=O) groups is 3.